The molecule has 1 aromatic rings. The van der Waals surface area contributed by atoms with Gasteiger partial charge in [0, 0.05) is 5.69 Å². The van der Waals surface area contributed by atoms with Crippen molar-refractivity contribution >= 4 is 12.3 Å². The summed E-state index contributed by atoms with van der Waals surface area (Å²) in [5, 5.41) is 4.26. The summed E-state index contributed by atoms with van der Waals surface area (Å²) in [5.41, 5.74) is 1.37. The number of aromatic nitrogens is 2. The maximum atomic E-state index is 11.6. The summed E-state index contributed by atoms with van der Waals surface area (Å²) in [6, 6.07) is 0. The highest BCUT2D eigenvalue weighted by molar-refractivity contribution is 5.78. The van der Waals surface area contributed by atoms with Crippen LogP contribution in [0.5, 0.6) is 0 Å². The summed E-state index contributed by atoms with van der Waals surface area (Å²) in [4.78, 5) is 22.4. The number of hydrogen-bond donors (Lipinski definition) is 0. The minimum Gasteiger partial charge on any atom is -0.469 e. The van der Waals surface area contributed by atoms with Gasteiger partial charge in [-0.2, -0.15) is 5.10 Å². The van der Waals surface area contributed by atoms with Crippen molar-refractivity contribution in [3.05, 3.63) is 17.0 Å². The van der Waals surface area contributed by atoms with Crippen LogP contribution in [0.15, 0.2) is 0 Å². The summed E-state index contributed by atoms with van der Waals surface area (Å²) in [7, 11) is 1.36. The Hall–Kier alpha value is -1.65. The first-order valence-corrected chi connectivity index (χ1v) is 5.41. The zero-order chi connectivity index (χ0) is 13.2. The Balaban J connectivity index is 3.04. The second kappa shape index (κ2) is 4.69. The molecule has 1 aromatic heterocycles. The number of ether oxygens (including phenoxy) is 1. The molecule has 0 bridgehead atoms. The van der Waals surface area contributed by atoms with Gasteiger partial charge >= 0.3 is 5.97 Å². The van der Waals surface area contributed by atoms with Gasteiger partial charge in [-0.1, -0.05) is 0 Å². The summed E-state index contributed by atoms with van der Waals surface area (Å²) < 4.78 is 6.42. The van der Waals surface area contributed by atoms with E-state index in [1.165, 1.54) is 7.11 Å². The fourth-order valence-corrected chi connectivity index (χ4v) is 1.75. The number of hydrogen-bond acceptors (Lipinski definition) is 4. The van der Waals surface area contributed by atoms with Gasteiger partial charge in [0.25, 0.3) is 0 Å². The van der Waals surface area contributed by atoms with Gasteiger partial charge in [0.05, 0.1) is 30.3 Å². The molecular weight excluding hydrogens is 220 g/mol. The molecule has 0 radical (unpaired) electrons. The number of aldehydes is 1. The van der Waals surface area contributed by atoms with Crippen molar-refractivity contribution in [3.63, 3.8) is 0 Å². The van der Waals surface area contributed by atoms with E-state index in [0.29, 0.717) is 17.8 Å². The summed E-state index contributed by atoms with van der Waals surface area (Å²) in [6.45, 7) is 7.56. The Bertz CT molecular complexity index is 447. The normalized spacial score (nSPS) is 11.4. The van der Waals surface area contributed by atoms with Crippen LogP contribution >= 0.6 is 0 Å². The molecule has 0 aromatic carbocycles. The van der Waals surface area contributed by atoms with Crippen LogP contribution in [0, 0.1) is 19.3 Å². The van der Waals surface area contributed by atoms with E-state index in [1.807, 2.05) is 6.92 Å². The van der Waals surface area contributed by atoms with Gasteiger partial charge < -0.3 is 4.74 Å². The third-order valence-electron chi connectivity index (χ3n) is 2.84. The highest BCUT2D eigenvalue weighted by atomic mass is 16.5. The van der Waals surface area contributed by atoms with Gasteiger partial charge in [-0.25, -0.2) is 0 Å². The summed E-state index contributed by atoms with van der Waals surface area (Å²) >= 11 is 0. The number of aryl methyl sites for hydroxylation is 1. The van der Waals surface area contributed by atoms with Crippen LogP contribution in [0.1, 0.15) is 35.6 Å². The average molecular weight is 238 g/mol. The fraction of sp³-hybridized carbons (Fsp3) is 0.583. The van der Waals surface area contributed by atoms with Crippen molar-refractivity contribution in [1.29, 1.82) is 0 Å². The van der Waals surface area contributed by atoms with Gasteiger partial charge in [0.15, 0.2) is 6.29 Å². The Kier molecular flexibility index (Phi) is 3.70. The lowest BCUT2D eigenvalue weighted by molar-refractivity contribution is -0.151. The third-order valence-corrected chi connectivity index (χ3v) is 2.84. The molecule has 0 aliphatic rings. The smallest absolute Gasteiger partial charge is 0.313 e. The quantitative estimate of drug-likeness (QED) is 0.589. The minimum atomic E-state index is -0.669. The summed E-state index contributed by atoms with van der Waals surface area (Å²) in [6.07, 6.45) is 0.791. The molecule has 1 heterocycles. The van der Waals surface area contributed by atoms with E-state index in [4.69, 9.17) is 4.74 Å². The van der Waals surface area contributed by atoms with E-state index >= 15 is 0 Å². The second-order valence-corrected chi connectivity index (χ2v) is 4.74. The predicted octanol–water partition coefficient (Wildman–Crippen LogP) is 1.51. The molecule has 0 N–H and O–H groups in total. The van der Waals surface area contributed by atoms with Gasteiger partial charge in [-0.05, 0) is 27.7 Å². The van der Waals surface area contributed by atoms with Crippen molar-refractivity contribution in [3.8, 4) is 0 Å². The predicted molar refractivity (Wildman–Crippen MR) is 62.9 cm³/mol. The van der Waals surface area contributed by atoms with Gasteiger partial charge in [-0.3, -0.25) is 14.3 Å². The molecule has 5 nitrogen and oxygen atoms in total. The van der Waals surface area contributed by atoms with E-state index in [0.717, 1.165) is 12.0 Å². The van der Waals surface area contributed by atoms with Crippen LogP contribution in [0.4, 0.5) is 0 Å². The van der Waals surface area contributed by atoms with Crippen molar-refractivity contribution in [2.24, 2.45) is 5.41 Å². The zero-order valence-corrected chi connectivity index (χ0v) is 10.9. The lowest BCUT2D eigenvalue weighted by Gasteiger charge is -2.21. The van der Waals surface area contributed by atoms with E-state index in [-0.39, 0.29) is 5.97 Å². The Labute approximate surface area is 101 Å². The van der Waals surface area contributed by atoms with Crippen LogP contribution in [-0.2, 0) is 16.1 Å². The first-order chi connectivity index (χ1) is 7.83. The fourth-order valence-electron chi connectivity index (χ4n) is 1.75. The first-order valence-electron chi connectivity index (χ1n) is 5.41. The van der Waals surface area contributed by atoms with E-state index < -0.39 is 5.41 Å². The Morgan fingerprint density at radius 3 is 2.47 bits per heavy atom. The van der Waals surface area contributed by atoms with Crippen LogP contribution in [0.2, 0.25) is 0 Å². The molecule has 0 fully saturated rings. The molecule has 0 aliphatic carbocycles. The molecule has 0 unspecified atom stereocenters. The second-order valence-electron chi connectivity index (χ2n) is 4.74. The number of rotatable bonds is 4. The lowest BCUT2D eigenvalue weighted by atomic mass is 9.94. The number of carbonyl (C=O) groups excluding carboxylic acids is 2. The largest absolute Gasteiger partial charge is 0.469 e. The molecular formula is C12H18N2O3. The molecule has 1 rings (SSSR count). The molecule has 17 heavy (non-hydrogen) atoms. The van der Waals surface area contributed by atoms with Gasteiger partial charge in [-0.15, -0.1) is 0 Å². The van der Waals surface area contributed by atoms with Crippen molar-refractivity contribution in [2.75, 3.05) is 7.11 Å². The highest BCUT2D eigenvalue weighted by Crippen LogP contribution is 2.22. The van der Waals surface area contributed by atoms with E-state index in [2.05, 4.69) is 5.10 Å². The van der Waals surface area contributed by atoms with Crippen molar-refractivity contribution in [1.82, 2.24) is 9.78 Å². The molecule has 0 amide bonds. The Morgan fingerprint density at radius 1 is 1.47 bits per heavy atom. The number of esters is 1. The van der Waals surface area contributed by atoms with Crippen LogP contribution < -0.4 is 0 Å². The maximum absolute atomic E-state index is 11.6. The van der Waals surface area contributed by atoms with Crippen LogP contribution in [0.25, 0.3) is 0 Å². The average Bonchev–Trinajstić information content (AvgIpc) is 2.52. The molecule has 94 valence electrons. The van der Waals surface area contributed by atoms with E-state index in [1.54, 1.807) is 25.5 Å². The number of nitrogens with zero attached hydrogens (tertiary/aromatic N) is 2. The SMILES string of the molecule is COC(=O)C(C)(C)Cn1nc(C)c(C=O)c1C. The highest BCUT2D eigenvalue weighted by Gasteiger charge is 2.30. The Morgan fingerprint density at radius 2 is 2.06 bits per heavy atom. The molecule has 0 spiro atoms. The number of methoxy groups -OCH3 is 1. The van der Waals surface area contributed by atoms with E-state index in [9.17, 15) is 9.59 Å². The molecule has 0 aliphatic heterocycles. The van der Waals surface area contributed by atoms with Crippen molar-refractivity contribution in [2.45, 2.75) is 34.2 Å². The van der Waals surface area contributed by atoms with Crippen LogP contribution in [-0.4, -0.2) is 29.1 Å². The van der Waals surface area contributed by atoms with Crippen LogP contribution in [0.3, 0.4) is 0 Å². The molecule has 0 saturated heterocycles. The molecule has 0 atom stereocenters. The standard InChI is InChI=1S/C12H18N2O3/c1-8-10(6-15)9(2)14(13-8)7-12(3,4)11(16)17-5/h6H,7H2,1-5H3. The lowest BCUT2D eigenvalue weighted by Crippen LogP contribution is -2.31. The van der Waals surface area contributed by atoms with Gasteiger partial charge in [0.2, 0.25) is 0 Å². The molecule has 0 saturated carbocycles. The monoisotopic (exact) mass is 238 g/mol. The minimum absolute atomic E-state index is 0.294. The third kappa shape index (κ3) is 2.54. The van der Waals surface area contributed by atoms with Crippen molar-refractivity contribution < 1.29 is 14.3 Å². The molecule has 5 heteroatoms. The first kappa shape index (κ1) is 13.4. The number of carbonyl (C=O) groups is 2. The topological polar surface area (TPSA) is 61.2 Å². The summed E-state index contributed by atoms with van der Waals surface area (Å²) in [5.74, 6) is -0.294. The maximum Gasteiger partial charge on any atom is 0.313 e. The zero-order valence-electron chi connectivity index (χ0n) is 10.9. The van der Waals surface area contributed by atoms with Gasteiger partial charge in [0.1, 0.15) is 0 Å².